The van der Waals surface area contributed by atoms with Gasteiger partial charge in [0, 0.05) is 21.2 Å². The van der Waals surface area contributed by atoms with Gasteiger partial charge < -0.3 is 0 Å². The minimum atomic E-state index is -5.91. The van der Waals surface area contributed by atoms with Crippen molar-refractivity contribution in [1.82, 2.24) is 0 Å². The predicted octanol–water partition coefficient (Wildman–Crippen LogP) is 6.98. The van der Waals surface area contributed by atoms with Crippen LogP contribution in [0.5, 0.6) is 0 Å². The van der Waals surface area contributed by atoms with Crippen LogP contribution < -0.4 is 0 Å². The molecular formula is C15H8F6N6. The second kappa shape index (κ2) is 7.10. The fourth-order valence-electron chi connectivity index (χ4n) is 2.77. The molecule has 0 amide bonds. The Hall–Kier alpha value is -3.36. The van der Waals surface area contributed by atoms with Crippen LogP contribution in [-0.2, 0) is 5.41 Å². The van der Waals surface area contributed by atoms with Gasteiger partial charge in [-0.25, -0.2) is 0 Å². The lowest BCUT2D eigenvalue weighted by Gasteiger charge is -2.39. The van der Waals surface area contributed by atoms with E-state index in [1.807, 2.05) is 0 Å². The molecule has 6 nitrogen and oxygen atoms in total. The molecule has 0 unspecified atom stereocenters. The maximum absolute atomic E-state index is 14.1. The fraction of sp³-hybridized carbons (Fsp3) is 0.200. The van der Waals surface area contributed by atoms with Gasteiger partial charge in [-0.2, -0.15) is 26.3 Å². The van der Waals surface area contributed by atoms with Crippen molar-refractivity contribution in [2.24, 2.45) is 10.2 Å². The lowest BCUT2D eigenvalue weighted by Crippen LogP contribution is -2.54. The standard InChI is InChI=1S/C15H8F6N6/c16-14(17,18)13(15(19,20)21,9-5-1-3-7-11(9)24-26-22)10-6-2-4-8-12(10)25-27-23/h1-8H. The normalized spacial score (nSPS) is 12.1. The third kappa shape index (κ3) is 3.23. The Bertz CT molecular complexity index is 861. The van der Waals surface area contributed by atoms with Crippen LogP contribution in [0.2, 0.25) is 0 Å². The Morgan fingerprint density at radius 2 is 0.963 bits per heavy atom. The molecule has 0 fully saturated rings. The van der Waals surface area contributed by atoms with Crippen molar-refractivity contribution in [3.05, 3.63) is 80.5 Å². The van der Waals surface area contributed by atoms with E-state index in [2.05, 4.69) is 20.1 Å². The molecule has 0 saturated heterocycles. The van der Waals surface area contributed by atoms with E-state index >= 15 is 0 Å². The molecule has 0 bridgehead atoms. The van der Waals surface area contributed by atoms with E-state index in [0.29, 0.717) is 12.1 Å². The van der Waals surface area contributed by atoms with E-state index in [-0.39, 0.29) is 0 Å². The maximum Gasteiger partial charge on any atom is 0.411 e. The number of azide groups is 2. The molecule has 2 rings (SSSR count). The maximum atomic E-state index is 14.1. The molecule has 140 valence electrons. The number of hydrogen-bond donors (Lipinski definition) is 0. The summed E-state index contributed by atoms with van der Waals surface area (Å²) in [5.41, 5.74) is 8.15. The molecular weight excluding hydrogens is 378 g/mol. The minimum Gasteiger partial charge on any atom is -0.169 e. The highest BCUT2D eigenvalue weighted by Gasteiger charge is 2.73. The number of alkyl halides is 6. The van der Waals surface area contributed by atoms with Crippen LogP contribution in [0, 0.1) is 0 Å². The van der Waals surface area contributed by atoms with Crippen molar-refractivity contribution in [2.75, 3.05) is 0 Å². The second-order valence-electron chi connectivity index (χ2n) is 5.16. The highest BCUT2D eigenvalue weighted by molar-refractivity contribution is 5.63. The van der Waals surface area contributed by atoms with Crippen LogP contribution in [0.25, 0.3) is 20.9 Å². The second-order valence-corrected chi connectivity index (χ2v) is 5.16. The van der Waals surface area contributed by atoms with Crippen molar-refractivity contribution >= 4 is 11.4 Å². The Balaban J connectivity index is 3.13. The first-order valence-electron chi connectivity index (χ1n) is 7.04. The summed E-state index contributed by atoms with van der Waals surface area (Å²) < 4.78 is 84.6. The fourth-order valence-corrected chi connectivity index (χ4v) is 2.77. The van der Waals surface area contributed by atoms with Crippen LogP contribution in [0.15, 0.2) is 58.8 Å². The first-order valence-corrected chi connectivity index (χ1v) is 7.04. The monoisotopic (exact) mass is 386 g/mol. The van der Waals surface area contributed by atoms with Gasteiger partial charge in [0.05, 0.1) is 0 Å². The van der Waals surface area contributed by atoms with Crippen LogP contribution in [0.3, 0.4) is 0 Å². The van der Waals surface area contributed by atoms with Crippen molar-refractivity contribution in [2.45, 2.75) is 17.8 Å². The van der Waals surface area contributed by atoms with Gasteiger partial charge in [-0.15, -0.1) is 0 Å². The van der Waals surface area contributed by atoms with Crippen molar-refractivity contribution < 1.29 is 26.3 Å². The van der Waals surface area contributed by atoms with Crippen LogP contribution in [-0.4, -0.2) is 12.4 Å². The van der Waals surface area contributed by atoms with E-state index in [4.69, 9.17) is 11.1 Å². The molecule has 0 aliphatic carbocycles. The lowest BCUT2D eigenvalue weighted by atomic mass is 9.71. The molecule has 2 aromatic rings. The average molecular weight is 386 g/mol. The van der Waals surface area contributed by atoms with Gasteiger partial charge in [-0.05, 0) is 22.2 Å². The molecule has 0 saturated carbocycles. The Labute approximate surface area is 147 Å². The minimum absolute atomic E-state index is 0.567. The molecule has 0 aliphatic heterocycles. The van der Waals surface area contributed by atoms with Crippen molar-refractivity contribution in [3.63, 3.8) is 0 Å². The third-order valence-electron chi connectivity index (χ3n) is 3.77. The van der Waals surface area contributed by atoms with Crippen LogP contribution in [0.4, 0.5) is 37.7 Å². The molecule has 0 heterocycles. The van der Waals surface area contributed by atoms with Crippen LogP contribution >= 0.6 is 0 Å². The molecule has 0 aromatic heterocycles. The first kappa shape index (κ1) is 20.0. The van der Waals surface area contributed by atoms with Gasteiger partial charge in [-0.3, -0.25) is 0 Å². The van der Waals surface area contributed by atoms with E-state index in [1.165, 1.54) is 0 Å². The summed E-state index contributed by atoms with van der Waals surface area (Å²) in [7, 11) is 0. The zero-order valence-electron chi connectivity index (χ0n) is 13.1. The highest BCUT2D eigenvalue weighted by Crippen LogP contribution is 2.59. The SMILES string of the molecule is [N-]=[N+]=Nc1ccccc1C(c1ccccc1N=[N+]=[N-])(C(F)(F)F)C(F)(F)F. The highest BCUT2D eigenvalue weighted by atomic mass is 19.4. The van der Waals surface area contributed by atoms with Gasteiger partial charge in [0.15, 0.2) is 0 Å². The molecule has 2 aromatic carbocycles. The van der Waals surface area contributed by atoms with E-state index in [0.717, 1.165) is 36.4 Å². The summed E-state index contributed by atoms with van der Waals surface area (Å²) >= 11 is 0. The summed E-state index contributed by atoms with van der Waals surface area (Å²) in [6, 6.07) is 6.96. The zero-order valence-corrected chi connectivity index (χ0v) is 13.1. The number of halogens is 6. The average Bonchev–Trinajstić information content (AvgIpc) is 2.56. The van der Waals surface area contributed by atoms with E-state index in [9.17, 15) is 26.3 Å². The summed E-state index contributed by atoms with van der Waals surface area (Å²) in [6.07, 6.45) is -11.8. The number of nitrogens with zero attached hydrogens (tertiary/aromatic N) is 6. The van der Waals surface area contributed by atoms with Gasteiger partial charge in [0.25, 0.3) is 0 Å². The lowest BCUT2D eigenvalue weighted by molar-refractivity contribution is -0.288. The molecule has 0 atom stereocenters. The molecule has 0 aliphatic rings. The molecule has 12 heteroatoms. The van der Waals surface area contributed by atoms with Gasteiger partial charge in [0.1, 0.15) is 0 Å². The molecule has 27 heavy (non-hydrogen) atoms. The topological polar surface area (TPSA) is 97.5 Å². The number of hydrogen-bond acceptors (Lipinski definition) is 2. The number of benzene rings is 2. The predicted molar refractivity (Wildman–Crippen MR) is 83.4 cm³/mol. The summed E-state index contributed by atoms with van der Waals surface area (Å²) in [6.45, 7) is 0. The smallest absolute Gasteiger partial charge is 0.169 e. The molecule has 0 N–H and O–H groups in total. The Morgan fingerprint density at radius 1 is 0.630 bits per heavy atom. The number of rotatable bonds is 4. The van der Waals surface area contributed by atoms with Gasteiger partial charge in [0.2, 0.25) is 5.41 Å². The molecule has 0 radical (unpaired) electrons. The summed E-state index contributed by atoms with van der Waals surface area (Å²) in [5, 5.41) is 5.96. The van der Waals surface area contributed by atoms with Crippen LogP contribution in [0.1, 0.15) is 11.1 Å². The van der Waals surface area contributed by atoms with Gasteiger partial charge in [-0.1, -0.05) is 58.8 Å². The first-order chi connectivity index (χ1) is 12.6. The van der Waals surface area contributed by atoms with Crippen molar-refractivity contribution in [3.8, 4) is 0 Å². The Kier molecular flexibility index (Phi) is 5.25. The quantitative estimate of drug-likeness (QED) is 0.234. The third-order valence-corrected chi connectivity index (χ3v) is 3.77. The van der Waals surface area contributed by atoms with E-state index < -0.39 is 40.3 Å². The van der Waals surface area contributed by atoms with Gasteiger partial charge >= 0.3 is 12.4 Å². The summed E-state index contributed by atoms with van der Waals surface area (Å²) in [5.74, 6) is 0. The van der Waals surface area contributed by atoms with Crippen molar-refractivity contribution in [1.29, 1.82) is 0 Å². The molecule has 0 spiro atoms. The largest absolute Gasteiger partial charge is 0.411 e. The van der Waals surface area contributed by atoms with E-state index in [1.54, 1.807) is 0 Å². The Morgan fingerprint density at radius 3 is 1.26 bits per heavy atom. The zero-order chi connectivity index (χ0) is 20.3. The summed E-state index contributed by atoms with van der Waals surface area (Å²) in [4.78, 5) is 4.61.